The second-order valence-corrected chi connectivity index (χ2v) is 5.40. The van der Waals surface area contributed by atoms with Crippen molar-refractivity contribution >= 4 is 11.6 Å². The largest absolute Gasteiger partial charge is 0.490 e. The number of nitrogen functional groups attached to an aromatic ring is 1. The van der Waals surface area contributed by atoms with Crippen LogP contribution in [-0.4, -0.2) is 56.0 Å². The highest BCUT2D eigenvalue weighted by Crippen LogP contribution is 2.24. The van der Waals surface area contributed by atoms with E-state index in [0.29, 0.717) is 23.6 Å². The Hall–Kier alpha value is -1.75. The van der Waals surface area contributed by atoms with Crippen LogP contribution in [0.1, 0.15) is 23.2 Å². The summed E-state index contributed by atoms with van der Waals surface area (Å²) in [6.07, 6.45) is 2.18. The molecule has 2 N–H and O–H groups in total. The first kappa shape index (κ1) is 14.7. The van der Waals surface area contributed by atoms with Crippen LogP contribution in [0.15, 0.2) is 18.2 Å². The lowest BCUT2D eigenvalue weighted by atomic mass is 10.1. The number of carbonyl (C=O) groups is 1. The molecule has 0 bridgehead atoms. The third kappa shape index (κ3) is 3.63. The van der Waals surface area contributed by atoms with Crippen LogP contribution in [0.25, 0.3) is 0 Å². The van der Waals surface area contributed by atoms with E-state index >= 15 is 0 Å². The van der Waals surface area contributed by atoms with Gasteiger partial charge in [-0.1, -0.05) is 0 Å². The molecule has 20 heavy (non-hydrogen) atoms. The Kier molecular flexibility index (Phi) is 4.84. The van der Waals surface area contributed by atoms with Gasteiger partial charge in [-0.25, -0.2) is 0 Å². The van der Waals surface area contributed by atoms with Crippen molar-refractivity contribution in [2.45, 2.75) is 12.8 Å². The molecule has 0 radical (unpaired) electrons. The zero-order valence-corrected chi connectivity index (χ0v) is 12.3. The molecule has 5 heteroatoms. The SMILES string of the molecule is CN(C)CCOc1cc(C(=O)N2CCCC2)ccc1N. The lowest BCUT2D eigenvalue weighted by molar-refractivity contribution is 0.0792. The van der Waals surface area contributed by atoms with Crippen LogP contribution in [-0.2, 0) is 0 Å². The predicted molar refractivity (Wildman–Crippen MR) is 80.0 cm³/mol. The van der Waals surface area contributed by atoms with E-state index in [9.17, 15) is 4.79 Å². The summed E-state index contributed by atoms with van der Waals surface area (Å²) in [5, 5.41) is 0. The Labute approximate surface area is 120 Å². The fraction of sp³-hybridized carbons (Fsp3) is 0.533. The molecule has 0 aromatic heterocycles. The number of anilines is 1. The molecular weight excluding hydrogens is 254 g/mol. The summed E-state index contributed by atoms with van der Waals surface area (Å²) >= 11 is 0. The molecule has 1 amide bonds. The van der Waals surface area contributed by atoms with Gasteiger partial charge in [0.1, 0.15) is 12.4 Å². The van der Waals surface area contributed by atoms with Crippen LogP contribution in [0.5, 0.6) is 5.75 Å². The van der Waals surface area contributed by atoms with Crippen molar-refractivity contribution in [2.24, 2.45) is 0 Å². The Morgan fingerprint density at radius 2 is 2.05 bits per heavy atom. The van der Waals surface area contributed by atoms with E-state index in [-0.39, 0.29) is 5.91 Å². The van der Waals surface area contributed by atoms with Gasteiger partial charge >= 0.3 is 0 Å². The third-order valence-electron chi connectivity index (χ3n) is 3.45. The molecular formula is C15H23N3O2. The fourth-order valence-electron chi connectivity index (χ4n) is 2.23. The number of carbonyl (C=O) groups excluding carboxylic acids is 1. The average Bonchev–Trinajstić information content (AvgIpc) is 2.93. The van der Waals surface area contributed by atoms with Crippen molar-refractivity contribution in [3.05, 3.63) is 23.8 Å². The van der Waals surface area contributed by atoms with Crippen LogP contribution >= 0.6 is 0 Å². The van der Waals surface area contributed by atoms with E-state index in [0.717, 1.165) is 32.5 Å². The van der Waals surface area contributed by atoms with E-state index in [4.69, 9.17) is 10.5 Å². The highest BCUT2D eigenvalue weighted by atomic mass is 16.5. The molecule has 0 aliphatic carbocycles. The van der Waals surface area contributed by atoms with Crippen molar-refractivity contribution in [3.8, 4) is 5.75 Å². The first-order valence-corrected chi connectivity index (χ1v) is 7.04. The van der Waals surface area contributed by atoms with Gasteiger partial charge in [0.25, 0.3) is 5.91 Å². The molecule has 2 rings (SSSR count). The minimum absolute atomic E-state index is 0.0694. The average molecular weight is 277 g/mol. The first-order chi connectivity index (χ1) is 9.58. The Balaban J connectivity index is 2.05. The van der Waals surface area contributed by atoms with Crippen LogP contribution in [0.4, 0.5) is 5.69 Å². The number of hydrogen-bond donors (Lipinski definition) is 1. The van der Waals surface area contributed by atoms with Crippen LogP contribution < -0.4 is 10.5 Å². The molecule has 1 fully saturated rings. The molecule has 1 aromatic carbocycles. The van der Waals surface area contributed by atoms with Gasteiger partial charge in [-0.2, -0.15) is 0 Å². The number of benzene rings is 1. The Bertz CT molecular complexity index is 468. The van der Waals surface area contributed by atoms with Crippen molar-refractivity contribution in [1.82, 2.24) is 9.80 Å². The van der Waals surface area contributed by atoms with Gasteiger partial charge in [-0.15, -0.1) is 0 Å². The Morgan fingerprint density at radius 1 is 1.35 bits per heavy atom. The van der Waals surface area contributed by atoms with Gasteiger partial charge in [0.05, 0.1) is 5.69 Å². The molecule has 110 valence electrons. The number of amides is 1. The molecule has 0 unspecified atom stereocenters. The van der Waals surface area contributed by atoms with Crippen molar-refractivity contribution in [3.63, 3.8) is 0 Å². The summed E-state index contributed by atoms with van der Waals surface area (Å²) in [7, 11) is 3.97. The number of ether oxygens (including phenoxy) is 1. The summed E-state index contributed by atoms with van der Waals surface area (Å²) in [6, 6.07) is 5.27. The number of likely N-dealkylation sites (N-methyl/N-ethyl adjacent to an activating group) is 1. The summed E-state index contributed by atoms with van der Waals surface area (Å²) in [6.45, 7) is 3.06. The lowest BCUT2D eigenvalue weighted by Gasteiger charge is -2.17. The maximum Gasteiger partial charge on any atom is 0.253 e. The molecule has 1 aliphatic rings. The monoisotopic (exact) mass is 277 g/mol. The van der Waals surface area contributed by atoms with Gasteiger partial charge in [0.15, 0.2) is 0 Å². The molecule has 0 atom stereocenters. The molecule has 1 aromatic rings. The second kappa shape index (κ2) is 6.61. The van der Waals surface area contributed by atoms with Gasteiger partial charge in [-0.05, 0) is 45.1 Å². The Morgan fingerprint density at radius 3 is 2.70 bits per heavy atom. The second-order valence-electron chi connectivity index (χ2n) is 5.40. The van der Waals surface area contributed by atoms with Gasteiger partial charge in [-0.3, -0.25) is 4.79 Å². The van der Waals surface area contributed by atoms with Crippen molar-refractivity contribution in [1.29, 1.82) is 0 Å². The highest BCUT2D eigenvalue weighted by Gasteiger charge is 2.20. The first-order valence-electron chi connectivity index (χ1n) is 7.04. The smallest absolute Gasteiger partial charge is 0.253 e. The summed E-state index contributed by atoms with van der Waals surface area (Å²) in [4.78, 5) is 16.2. The third-order valence-corrected chi connectivity index (χ3v) is 3.45. The van der Waals surface area contributed by atoms with E-state index < -0.39 is 0 Å². The van der Waals surface area contributed by atoms with Crippen LogP contribution in [0, 0.1) is 0 Å². The molecule has 0 saturated carbocycles. The molecule has 1 heterocycles. The number of nitrogens with two attached hydrogens (primary N) is 1. The molecule has 5 nitrogen and oxygen atoms in total. The number of rotatable bonds is 5. The lowest BCUT2D eigenvalue weighted by Crippen LogP contribution is -2.27. The molecule has 0 spiro atoms. The minimum Gasteiger partial charge on any atom is -0.490 e. The quantitative estimate of drug-likeness (QED) is 0.828. The van der Waals surface area contributed by atoms with Gasteiger partial charge in [0.2, 0.25) is 0 Å². The number of hydrogen-bond acceptors (Lipinski definition) is 4. The van der Waals surface area contributed by atoms with Crippen molar-refractivity contribution < 1.29 is 9.53 Å². The van der Waals surface area contributed by atoms with E-state index in [1.54, 1.807) is 18.2 Å². The van der Waals surface area contributed by atoms with Gasteiger partial charge in [0, 0.05) is 25.2 Å². The summed E-state index contributed by atoms with van der Waals surface area (Å²) in [5.74, 6) is 0.664. The van der Waals surface area contributed by atoms with Crippen LogP contribution in [0.3, 0.4) is 0 Å². The van der Waals surface area contributed by atoms with E-state index in [1.807, 2.05) is 23.9 Å². The number of nitrogens with zero attached hydrogens (tertiary/aromatic N) is 2. The number of likely N-dealkylation sites (tertiary alicyclic amines) is 1. The highest BCUT2D eigenvalue weighted by molar-refractivity contribution is 5.95. The normalized spacial score (nSPS) is 14.8. The van der Waals surface area contributed by atoms with Crippen LogP contribution in [0.2, 0.25) is 0 Å². The van der Waals surface area contributed by atoms with E-state index in [2.05, 4.69) is 0 Å². The van der Waals surface area contributed by atoms with E-state index in [1.165, 1.54) is 0 Å². The summed E-state index contributed by atoms with van der Waals surface area (Å²) in [5.41, 5.74) is 7.12. The maximum absolute atomic E-state index is 12.3. The fourth-order valence-corrected chi connectivity index (χ4v) is 2.23. The summed E-state index contributed by atoms with van der Waals surface area (Å²) < 4.78 is 5.66. The zero-order valence-electron chi connectivity index (χ0n) is 12.3. The maximum atomic E-state index is 12.3. The zero-order chi connectivity index (χ0) is 14.5. The molecule has 1 aliphatic heterocycles. The molecule has 1 saturated heterocycles. The topological polar surface area (TPSA) is 58.8 Å². The minimum atomic E-state index is 0.0694. The van der Waals surface area contributed by atoms with Crippen molar-refractivity contribution in [2.75, 3.05) is 46.1 Å². The van der Waals surface area contributed by atoms with Gasteiger partial charge < -0.3 is 20.3 Å². The predicted octanol–water partition coefficient (Wildman–Crippen LogP) is 1.45. The standard InChI is InChI=1S/C15H23N3O2/c1-17(2)9-10-20-14-11-12(5-6-13(14)16)15(19)18-7-3-4-8-18/h5-6,11H,3-4,7-10,16H2,1-2H3.